The van der Waals surface area contributed by atoms with Crippen LogP contribution in [0, 0.1) is 0 Å². The van der Waals surface area contributed by atoms with Crippen LogP contribution < -0.4 is 0 Å². The van der Waals surface area contributed by atoms with Crippen LogP contribution in [0.2, 0.25) is 0 Å². The highest BCUT2D eigenvalue weighted by atomic mass is 32.2. The number of hydrogen-bond acceptors (Lipinski definition) is 2. The van der Waals surface area contributed by atoms with Gasteiger partial charge in [0.2, 0.25) is 0 Å². The second kappa shape index (κ2) is 8.46. The molecule has 0 aliphatic carbocycles. The van der Waals surface area contributed by atoms with Gasteiger partial charge in [0, 0.05) is 0 Å². The molecule has 2 rings (SSSR count). The molecule has 0 spiro atoms. The van der Waals surface area contributed by atoms with Gasteiger partial charge in [-0.15, -0.1) is 0 Å². The molecule has 2 aromatic rings. The monoisotopic (exact) mass is 334 g/mol. The molecule has 0 aliphatic rings. The lowest BCUT2D eigenvalue weighted by Gasteiger charge is -2.08. The first-order chi connectivity index (χ1) is 11.0. The molecule has 23 heavy (non-hydrogen) atoms. The zero-order chi connectivity index (χ0) is 16.7. The zero-order valence-electron chi connectivity index (χ0n) is 13.8. The van der Waals surface area contributed by atoms with Gasteiger partial charge >= 0.3 is 0 Å². The fraction of sp³-hybridized carbons (Fsp3) is 0.474. The minimum absolute atomic E-state index is 0.0434. The third-order valence-corrected chi connectivity index (χ3v) is 5.14. The molecule has 0 saturated heterocycles. The summed E-state index contributed by atoms with van der Waals surface area (Å²) in [5.41, 5.74) is 1.25. The summed E-state index contributed by atoms with van der Waals surface area (Å²) in [4.78, 5) is -0.0434. The molecule has 0 heterocycles. The Balaban J connectivity index is 1.99. The molecule has 2 aromatic carbocycles. The van der Waals surface area contributed by atoms with Crippen LogP contribution in [0.4, 0.5) is 0 Å². The van der Waals surface area contributed by atoms with Gasteiger partial charge in [-0.2, -0.15) is 8.42 Å². The Morgan fingerprint density at radius 3 is 2.30 bits per heavy atom. The van der Waals surface area contributed by atoms with Gasteiger partial charge in [0.25, 0.3) is 10.1 Å². The van der Waals surface area contributed by atoms with Crippen molar-refractivity contribution in [3.63, 3.8) is 0 Å². The van der Waals surface area contributed by atoms with E-state index in [2.05, 4.69) is 13.0 Å². The van der Waals surface area contributed by atoms with E-state index in [1.165, 1.54) is 50.2 Å². The Morgan fingerprint density at radius 1 is 0.913 bits per heavy atom. The standard InChI is InChI=1S/C19H26O3S/c1-2-3-4-5-6-7-8-10-16-11-9-12-17-15-18(23(20,21)22)13-14-19(16)17/h9,11-15H,2-8,10H2,1H3,(H,20,21,22). The molecule has 0 amide bonds. The average molecular weight is 334 g/mol. The lowest BCUT2D eigenvalue weighted by molar-refractivity contribution is 0.483. The Labute approximate surface area is 139 Å². The molecule has 4 heteroatoms. The summed E-state index contributed by atoms with van der Waals surface area (Å²) in [5.74, 6) is 0. The smallest absolute Gasteiger partial charge is 0.282 e. The number of aryl methyl sites for hydroxylation is 1. The van der Waals surface area contributed by atoms with Crippen LogP contribution >= 0.6 is 0 Å². The molecule has 0 aliphatic heterocycles. The molecular formula is C19H26O3S. The van der Waals surface area contributed by atoms with Crippen molar-refractivity contribution in [2.45, 2.75) is 63.2 Å². The van der Waals surface area contributed by atoms with Crippen LogP contribution in [-0.2, 0) is 16.5 Å². The number of unbranched alkanes of at least 4 members (excludes halogenated alkanes) is 6. The van der Waals surface area contributed by atoms with Gasteiger partial charge in [0.1, 0.15) is 0 Å². The predicted molar refractivity (Wildman–Crippen MR) is 95.5 cm³/mol. The first-order valence-corrected chi connectivity index (χ1v) is 9.95. The van der Waals surface area contributed by atoms with E-state index in [0.717, 1.165) is 23.6 Å². The lowest BCUT2D eigenvalue weighted by atomic mass is 9.99. The minimum atomic E-state index is -4.14. The van der Waals surface area contributed by atoms with E-state index in [0.29, 0.717) is 0 Å². The molecule has 0 saturated carbocycles. The summed E-state index contributed by atoms with van der Waals surface area (Å²) in [6, 6.07) is 10.8. The van der Waals surface area contributed by atoms with Crippen molar-refractivity contribution in [3.05, 3.63) is 42.0 Å². The number of benzene rings is 2. The highest BCUT2D eigenvalue weighted by molar-refractivity contribution is 7.85. The Bertz CT molecular complexity index is 735. The lowest BCUT2D eigenvalue weighted by Crippen LogP contribution is -1.98. The quantitative estimate of drug-likeness (QED) is 0.495. The predicted octanol–water partition coefficient (Wildman–Crippen LogP) is 5.38. The second-order valence-corrected chi connectivity index (χ2v) is 7.57. The van der Waals surface area contributed by atoms with E-state index in [-0.39, 0.29) is 4.90 Å². The Kier molecular flexibility index (Phi) is 6.60. The molecule has 0 atom stereocenters. The van der Waals surface area contributed by atoms with Crippen molar-refractivity contribution >= 4 is 20.9 Å². The average Bonchev–Trinajstić information content (AvgIpc) is 2.52. The molecule has 0 aromatic heterocycles. The summed E-state index contributed by atoms with van der Waals surface area (Å²) in [6.45, 7) is 2.23. The summed E-state index contributed by atoms with van der Waals surface area (Å²) in [6.07, 6.45) is 9.97. The third kappa shape index (κ3) is 5.33. The van der Waals surface area contributed by atoms with Crippen molar-refractivity contribution in [2.24, 2.45) is 0 Å². The van der Waals surface area contributed by atoms with Crippen molar-refractivity contribution < 1.29 is 13.0 Å². The highest BCUT2D eigenvalue weighted by Gasteiger charge is 2.10. The van der Waals surface area contributed by atoms with E-state index in [9.17, 15) is 8.42 Å². The van der Waals surface area contributed by atoms with E-state index in [1.807, 2.05) is 12.1 Å². The van der Waals surface area contributed by atoms with Crippen LogP contribution in [-0.4, -0.2) is 13.0 Å². The van der Waals surface area contributed by atoms with Gasteiger partial charge < -0.3 is 0 Å². The van der Waals surface area contributed by atoms with Crippen LogP contribution in [0.3, 0.4) is 0 Å². The number of rotatable bonds is 9. The van der Waals surface area contributed by atoms with Crippen molar-refractivity contribution in [2.75, 3.05) is 0 Å². The molecule has 1 N–H and O–H groups in total. The van der Waals surface area contributed by atoms with Gasteiger partial charge in [-0.25, -0.2) is 0 Å². The fourth-order valence-electron chi connectivity index (χ4n) is 2.98. The van der Waals surface area contributed by atoms with Crippen LogP contribution in [0.15, 0.2) is 41.3 Å². The van der Waals surface area contributed by atoms with Gasteiger partial charge in [-0.3, -0.25) is 4.55 Å². The first-order valence-electron chi connectivity index (χ1n) is 8.51. The van der Waals surface area contributed by atoms with E-state index in [4.69, 9.17) is 4.55 Å². The van der Waals surface area contributed by atoms with Crippen molar-refractivity contribution in [1.29, 1.82) is 0 Å². The Hall–Kier alpha value is -1.39. The summed E-state index contributed by atoms with van der Waals surface area (Å²) < 4.78 is 31.6. The largest absolute Gasteiger partial charge is 0.294 e. The molecule has 0 bridgehead atoms. The topological polar surface area (TPSA) is 54.4 Å². The van der Waals surface area contributed by atoms with Crippen LogP contribution in [0.5, 0.6) is 0 Å². The van der Waals surface area contributed by atoms with Gasteiger partial charge in [0.15, 0.2) is 0 Å². The molecular weight excluding hydrogens is 308 g/mol. The van der Waals surface area contributed by atoms with Crippen molar-refractivity contribution in [3.8, 4) is 0 Å². The molecule has 3 nitrogen and oxygen atoms in total. The molecule has 126 valence electrons. The molecule has 0 unspecified atom stereocenters. The molecule has 0 fully saturated rings. The number of fused-ring (bicyclic) bond motifs is 1. The third-order valence-electron chi connectivity index (χ3n) is 4.29. The van der Waals surface area contributed by atoms with Crippen LogP contribution in [0.1, 0.15) is 57.4 Å². The summed E-state index contributed by atoms with van der Waals surface area (Å²) in [7, 11) is -4.14. The fourth-order valence-corrected chi connectivity index (χ4v) is 3.50. The first kappa shape index (κ1) is 18.0. The van der Waals surface area contributed by atoms with Crippen LogP contribution in [0.25, 0.3) is 10.8 Å². The van der Waals surface area contributed by atoms with E-state index in [1.54, 1.807) is 12.1 Å². The maximum Gasteiger partial charge on any atom is 0.294 e. The van der Waals surface area contributed by atoms with Crippen molar-refractivity contribution in [1.82, 2.24) is 0 Å². The highest BCUT2D eigenvalue weighted by Crippen LogP contribution is 2.24. The van der Waals surface area contributed by atoms with E-state index < -0.39 is 10.1 Å². The SMILES string of the molecule is CCCCCCCCCc1cccc2cc(S(=O)(=O)O)ccc12. The molecule has 0 radical (unpaired) electrons. The zero-order valence-corrected chi connectivity index (χ0v) is 14.6. The van der Waals surface area contributed by atoms with Gasteiger partial charge in [-0.1, -0.05) is 69.7 Å². The minimum Gasteiger partial charge on any atom is -0.282 e. The second-order valence-electron chi connectivity index (χ2n) is 6.15. The van der Waals surface area contributed by atoms with E-state index >= 15 is 0 Å². The number of hydrogen-bond donors (Lipinski definition) is 1. The maximum atomic E-state index is 11.2. The summed E-state index contributed by atoms with van der Waals surface area (Å²) >= 11 is 0. The Morgan fingerprint density at radius 2 is 1.61 bits per heavy atom. The normalized spacial score (nSPS) is 11.9. The van der Waals surface area contributed by atoms with Gasteiger partial charge in [-0.05, 0) is 41.3 Å². The summed E-state index contributed by atoms with van der Waals surface area (Å²) in [5, 5.41) is 1.94. The maximum absolute atomic E-state index is 11.2. The van der Waals surface area contributed by atoms with Gasteiger partial charge in [0.05, 0.1) is 4.90 Å².